The van der Waals surface area contributed by atoms with Crippen molar-refractivity contribution in [1.29, 1.82) is 0 Å². The number of methoxy groups -OCH3 is 1. The second-order valence-electron chi connectivity index (χ2n) is 3.42. The number of ether oxygens (including phenoxy) is 1. The van der Waals surface area contributed by atoms with Gasteiger partial charge in [0.25, 0.3) is 0 Å². The molecular weight excluding hydrogens is 456 g/mol. The standard InChI is InChI=1S/C10H10BrFINO4S/c1-18-10(15)8(13)5-14-19(16,17)9-3-2-6(11)4-7(9)12/h2-4,8,14H,5H2,1H3. The fraction of sp³-hybridized carbons (Fsp3) is 0.300. The van der Waals surface area contributed by atoms with Crippen molar-refractivity contribution in [3.8, 4) is 0 Å². The van der Waals surface area contributed by atoms with Gasteiger partial charge in [-0.25, -0.2) is 17.5 Å². The first-order chi connectivity index (χ1) is 8.77. The number of nitrogens with one attached hydrogen (secondary N) is 1. The summed E-state index contributed by atoms with van der Waals surface area (Å²) in [5.74, 6) is -1.43. The van der Waals surface area contributed by atoms with Crippen LogP contribution in [0.15, 0.2) is 27.6 Å². The molecule has 0 radical (unpaired) electrons. The summed E-state index contributed by atoms with van der Waals surface area (Å²) in [5, 5.41) is 0. The van der Waals surface area contributed by atoms with Gasteiger partial charge in [0.15, 0.2) is 0 Å². The summed E-state index contributed by atoms with van der Waals surface area (Å²) in [6, 6.07) is 3.61. The van der Waals surface area contributed by atoms with Gasteiger partial charge >= 0.3 is 5.97 Å². The van der Waals surface area contributed by atoms with Gasteiger partial charge in [-0.05, 0) is 18.2 Å². The van der Waals surface area contributed by atoms with Crippen molar-refractivity contribution in [2.24, 2.45) is 0 Å². The van der Waals surface area contributed by atoms with Crippen molar-refractivity contribution in [1.82, 2.24) is 4.72 Å². The second kappa shape index (κ2) is 6.95. The molecule has 9 heteroatoms. The van der Waals surface area contributed by atoms with E-state index in [2.05, 4.69) is 25.4 Å². The highest BCUT2D eigenvalue weighted by Crippen LogP contribution is 2.19. The Hall–Kier alpha value is -0.260. The van der Waals surface area contributed by atoms with E-state index >= 15 is 0 Å². The van der Waals surface area contributed by atoms with E-state index in [-0.39, 0.29) is 6.54 Å². The molecule has 1 unspecified atom stereocenters. The molecule has 106 valence electrons. The average Bonchev–Trinajstić information content (AvgIpc) is 2.34. The highest BCUT2D eigenvalue weighted by Gasteiger charge is 2.22. The van der Waals surface area contributed by atoms with Crippen LogP contribution in [0.3, 0.4) is 0 Å². The third-order valence-corrected chi connectivity index (χ3v) is 4.99. The molecule has 1 rings (SSSR count). The molecule has 1 atom stereocenters. The third kappa shape index (κ3) is 4.65. The zero-order valence-corrected chi connectivity index (χ0v) is 14.3. The first-order valence-corrected chi connectivity index (χ1v) is 8.46. The minimum absolute atomic E-state index is 0.176. The molecule has 1 aromatic carbocycles. The maximum Gasteiger partial charge on any atom is 0.319 e. The molecule has 0 spiro atoms. The number of sulfonamides is 1. The van der Waals surface area contributed by atoms with Crippen LogP contribution in [-0.4, -0.2) is 32.0 Å². The smallest absolute Gasteiger partial charge is 0.319 e. The van der Waals surface area contributed by atoms with Gasteiger partial charge < -0.3 is 4.74 Å². The van der Waals surface area contributed by atoms with Gasteiger partial charge in [-0.1, -0.05) is 38.5 Å². The van der Waals surface area contributed by atoms with E-state index < -0.39 is 30.6 Å². The summed E-state index contributed by atoms with van der Waals surface area (Å²) in [6.45, 7) is -0.176. The van der Waals surface area contributed by atoms with Gasteiger partial charge in [0.05, 0.1) is 7.11 Å². The number of rotatable bonds is 5. The Morgan fingerprint density at radius 3 is 2.74 bits per heavy atom. The normalized spacial score (nSPS) is 13.1. The lowest BCUT2D eigenvalue weighted by molar-refractivity contribution is -0.139. The van der Waals surface area contributed by atoms with Crippen LogP contribution in [0.1, 0.15) is 0 Å². The number of carbonyl (C=O) groups excluding carboxylic acids is 1. The summed E-state index contributed by atoms with van der Waals surface area (Å²) in [6.07, 6.45) is 0. The maximum absolute atomic E-state index is 13.6. The Morgan fingerprint density at radius 1 is 1.58 bits per heavy atom. The Kier molecular flexibility index (Phi) is 6.15. The molecule has 0 aliphatic carbocycles. The van der Waals surface area contributed by atoms with Crippen LogP contribution in [0.2, 0.25) is 0 Å². The van der Waals surface area contributed by atoms with Crippen molar-refractivity contribution in [3.05, 3.63) is 28.5 Å². The first-order valence-electron chi connectivity index (χ1n) is 4.94. The Balaban J connectivity index is 2.85. The van der Waals surface area contributed by atoms with Crippen LogP contribution >= 0.6 is 38.5 Å². The van der Waals surface area contributed by atoms with E-state index in [0.717, 1.165) is 12.1 Å². The zero-order valence-electron chi connectivity index (χ0n) is 9.69. The summed E-state index contributed by atoms with van der Waals surface area (Å²) in [5.41, 5.74) is 0. The molecule has 0 amide bonds. The van der Waals surface area contributed by atoms with E-state index in [9.17, 15) is 17.6 Å². The van der Waals surface area contributed by atoms with Crippen molar-refractivity contribution in [2.45, 2.75) is 8.82 Å². The van der Waals surface area contributed by atoms with Gasteiger partial charge in [-0.2, -0.15) is 0 Å². The molecule has 0 heterocycles. The zero-order chi connectivity index (χ0) is 14.6. The van der Waals surface area contributed by atoms with Crippen molar-refractivity contribution < 1.29 is 22.3 Å². The molecule has 0 saturated carbocycles. The minimum atomic E-state index is -4.00. The highest BCUT2D eigenvalue weighted by molar-refractivity contribution is 14.1. The third-order valence-electron chi connectivity index (χ3n) is 2.09. The van der Waals surface area contributed by atoms with Crippen LogP contribution in [0.4, 0.5) is 4.39 Å². The van der Waals surface area contributed by atoms with E-state index in [4.69, 9.17) is 0 Å². The van der Waals surface area contributed by atoms with Crippen LogP contribution in [0.25, 0.3) is 0 Å². The Labute approximate surface area is 132 Å². The molecule has 0 saturated heterocycles. The molecule has 0 aromatic heterocycles. The molecule has 0 bridgehead atoms. The van der Waals surface area contributed by atoms with Gasteiger partial charge in [0.1, 0.15) is 14.6 Å². The van der Waals surface area contributed by atoms with E-state index in [0.29, 0.717) is 4.47 Å². The largest absolute Gasteiger partial charge is 0.468 e. The number of carbonyl (C=O) groups is 1. The molecule has 0 aliphatic heterocycles. The number of benzene rings is 1. The number of hydrogen-bond acceptors (Lipinski definition) is 4. The van der Waals surface area contributed by atoms with Gasteiger partial charge in [-0.15, -0.1) is 0 Å². The van der Waals surface area contributed by atoms with Crippen molar-refractivity contribution in [2.75, 3.05) is 13.7 Å². The molecule has 5 nitrogen and oxygen atoms in total. The summed E-state index contributed by atoms with van der Waals surface area (Å²) >= 11 is 4.77. The summed E-state index contributed by atoms with van der Waals surface area (Å²) in [7, 11) is -2.80. The fourth-order valence-corrected chi connectivity index (χ4v) is 3.38. The molecular formula is C10H10BrFINO4S. The van der Waals surface area contributed by atoms with Crippen LogP contribution in [0, 0.1) is 5.82 Å². The predicted octanol–water partition coefficient (Wildman–Crippen LogP) is 1.84. The molecule has 0 aliphatic rings. The van der Waals surface area contributed by atoms with Crippen molar-refractivity contribution >= 4 is 54.5 Å². The van der Waals surface area contributed by atoms with Crippen LogP contribution in [0.5, 0.6) is 0 Å². The SMILES string of the molecule is COC(=O)C(I)CNS(=O)(=O)c1ccc(Br)cc1F. The number of hydrogen-bond donors (Lipinski definition) is 1. The summed E-state index contributed by atoms with van der Waals surface area (Å²) in [4.78, 5) is 10.7. The summed E-state index contributed by atoms with van der Waals surface area (Å²) < 4.78 is 43.6. The predicted molar refractivity (Wildman–Crippen MR) is 79.1 cm³/mol. The van der Waals surface area contributed by atoms with Crippen molar-refractivity contribution in [3.63, 3.8) is 0 Å². The molecule has 19 heavy (non-hydrogen) atoms. The lowest BCUT2D eigenvalue weighted by atomic mass is 10.3. The fourth-order valence-electron chi connectivity index (χ4n) is 1.16. The topological polar surface area (TPSA) is 72.5 Å². The van der Waals surface area contributed by atoms with Gasteiger partial charge in [0.2, 0.25) is 10.0 Å². The highest BCUT2D eigenvalue weighted by atomic mass is 127. The lowest BCUT2D eigenvalue weighted by Gasteiger charge is -2.10. The molecule has 1 aromatic rings. The number of esters is 1. The minimum Gasteiger partial charge on any atom is -0.468 e. The number of halogens is 3. The number of alkyl halides is 1. The van der Waals surface area contributed by atoms with Gasteiger partial charge in [-0.3, -0.25) is 4.79 Å². The molecule has 1 N–H and O–H groups in total. The lowest BCUT2D eigenvalue weighted by Crippen LogP contribution is -2.34. The van der Waals surface area contributed by atoms with Gasteiger partial charge in [0, 0.05) is 11.0 Å². The molecule has 0 fully saturated rings. The van der Waals surface area contributed by atoms with E-state index in [1.165, 1.54) is 13.2 Å². The van der Waals surface area contributed by atoms with Crippen LogP contribution < -0.4 is 4.72 Å². The van der Waals surface area contributed by atoms with E-state index in [1.807, 2.05) is 0 Å². The quantitative estimate of drug-likeness (QED) is 0.409. The van der Waals surface area contributed by atoms with E-state index in [1.54, 1.807) is 22.6 Å². The average molecular weight is 466 g/mol. The second-order valence-corrected chi connectivity index (χ2v) is 7.57. The Morgan fingerprint density at radius 2 is 2.21 bits per heavy atom. The monoisotopic (exact) mass is 465 g/mol. The first kappa shape index (κ1) is 16.8. The maximum atomic E-state index is 13.6. The van der Waals surface area contributed by atoms with Crippen LogP contribution in [-0.2, 0) is 19.6 Å². The Bertz CT molecular complexity index is 581.